The molecule has 0 spiro atoms. The summed E-state index contributed by atoms with van der Waals surface area (Å²) in [5.74, 6) is 0. The Hall–Kier alpha value is -9.36. The first-order valence-corrected chi connectivity index (χ1v) is 29.1. The number of hydrogen-bond donors (Lipinski definition) is 0. The summed E-state index contributed by atoms with van der Waals surface area (Å²) in [6.45, 7) is 11.6. The van der Waals surface area contributed by atoms with Crippen LogP contribution in [0.2, 0.25) is 0 Å². The molecule has 0 unspecified atom stereocenters. The summed E-state index contributed by atoms with van der Waals surface area (Å²) in [5.41, 5.74) is 25.7. The first-order chi connectivity index (χ1) is 39.6. The maximum absolute atomic E-state index is 6.74. The average molecular weight is 1060 g/mol. The van der Waals surface area contributed by atoms with Crippen LogP contribution in [0.5, 0.6) is 0 Å². The van der Waals surface area contributed by atoms with Crippen LogP contribution in [0.15, 0.2) is 253 Å². The number of furan rings is 1. The van der Waals surface area contributed by atoms with Gasteiger partial charge in [-0.2, -0.15) is 0 Å². The molecule has 16 rings (SSSR count). The molecule has 1 aliphatic carbocycles. The van der Waals surface area contributed by atoms with Gasteiger partial charge in [-0.1, -0.05) is 204 Å². The van der Waals surface area contributed by atoms with E-state index in [2.05, 4.69) is 298 Å². The fourth-order valence-corrected chi connectivity index (χ4v) is 15.1. The zero-order chi connectivity index (χ0) is 54.3. The van der Waals surface area contributed by atoms with Crippen LogP contribution in [0.1, 0.15) is 51.3 Å². The Morgan fingerprint density at radius 3 is 1.77 bits per heavy atom. The second-order valence-corrected chi connectivity index (χ2v) is 24.7. The summed E-state index contributed by atoms with van der Waals surface area (Å²) in [7, 11) is 0. The van der Waals surface area contributed by atoms with Crippen molar-refractivity contribution in [3.63, 3.8) is 0 Å². The quantitative estimate of drug-likeness (QED) is 0.148. The summed E-state index contributed by atoms with van der Waals surface area (Å²) in [6.07, 6.45) is 0. The lowest BCUT2D eigenvalue weighted by Gasteiger charge is -2.43. The van der Waals surface area contributed by atoms with E-state index in [1.807, 2.05) is 11.3 Å². The summed E-state index contributed by atoms with van der Waals surface area (Å²) < 4.78 is 9.40. The summed E-state index contributed by atoms with van der Waals surface area (Å²) in [6, 6.07) is 92.4. The van der Waals surface area contributed by atoms with Gasteiger partial charge in [-0.15, -0.1) is 11.3 Å². The number of rotatable bonds is 7. The molecule has 6 heteroatoms. The number of anilines is 9. The number of hydrogen-bond acceptors (Lipinski definition) is 5. The molecule has 2 aromatic heterocycles. The Balaban J connectivity index is 1.01. The minimum atomic E-state index is -0.139. The van der Waals surface area contributed by atoms with Crippen LogP contribution in [-0.2, 0) is 10.8 Å². The standard InChI is InChI=1S/C75H56BN3OS/c1-74(2,3)49-38-40-50(41-39-49)78-64-34-20-35-65-71(64)76(73-72(78)57-45-56-54-28-12-16-30-58(54)75(4,5)59(56)46-69(57)81-73)60-43-42-51(44-66(60)79(65)63-33-21-37-68-70(63)55-29-15-19-36-67(55)80-68)77(61-31-17-13-26-52(61)47-22-8-6-9-23-47)62-32-18-14-27-53(62)48-24-10-7-11-25-48/h6-46H,1-5H3. The molecule has 0 saturated heterocycles. The Morgan fingerprint density at radius 2 is 1.06 bits per heavy atom. The zero-order valence-electron chi connectivity index (χ0n) is 45.9. The summed E-state index contributed by atoms with van der Waals surface area (Å²) in [4.78, 5) is 7.66. The maximum Gasteiger partial charge on any atom is 0.264 e. The molecule has 13 aromatic rings. The first kappa shape index (κ1) is 47.6. The van der Waals surface area contributed by atoms with Gasteiger partial charge in [0.2, 0.25) is 0 Å². The van der Waals surface area contributed by atoms with E-state index in [0.29, 0.717) is 0 Å². The lowest BCUT2D eigenvalue weighted by molar-refractivity contribution is 0.590. The average Bonchev–Trinajstić information content (AvgIpc) is 4.13. The topological polar surface area (TPSA) is 22.9 Å². The van der Waals surface area contributed by atoms with Gasteiger partial charge in [-0.05, 0) is 134 Å². The number of para-hydroxylation sites is 3. The second kappa shape index (κ2) is 17.8. The SMILES string of the molecule is CC(C)(C)c1ccc(N2c3cccc4c3B(c3ccc(N(c5ccccc5-c5ccccc5)c5ccccc5-c5ccccc5)cc3N4c3cccc4oc5ccccc5c34)c3sc4cc5c(cc4c32)-c2ccccc2C5(C)C)cc1. The van der Waals surface area contributed by atoms with Crippen LogP contribution in [-0.4, -0.2) is 6.71 Å². The van der Waals surface area contributed by atoms with Crippen molar-refractivity contribution in [2.45, 2.75) is 45.4 Å². The predicted octanol–water partition coefficient (Wildman–Crippen LogP) is 19.3. The van der Waals surface area contributed by atoms with Crippen LogP contribution in [0.25, 0.3) is 65.4 Å². The Kier molecular flexibility index (Phi) is 10.5. The number of thiophene rings is 1. The molecule has 4 nitrogen and oxygen atoms in total. The van der Waals surface area contributed by atoms with Crippen molar-refractivity contribution in [3.8, 4) is 33.4 Å². The van der Waals surface area contributed by atoms with Gasteiger partial charge in [-0.3, -0.25) is 0 Å². The molecular weight excluding hydrogens is 1000 g/mol. The van der Waals surface area contributed by atoms with E-state index in [-0.39, 0.29) is 17.5 Å². The summed E-state index contributed by atoms with van der Waals surface area (Å²) >= 11 is 1.97. The highest BCUT2D eigenvalue weighted by molar-refractivity contribution is 7.33. The number of nitrogens with zero attached hydrogens (tertiary/aromatic N) is 3. The van der Waals surface area contributed by atoms with Gasteiger partial charge in [0.1, 0.15) is 11.2 Å². The van der Waals surface area contributed by atoms with E-state index in [1.54, 1.807) is 0 Å². The van der Waals surface area contributed by atoms with Crippen molar-refractivity contribution in [3.05, 3.63) is 265 Å². The van der Waals surface area contributed by atoms with E-state index in [4.69, 9.17) is 4.42 Å². The third-order valence-corrected chi connectivity index (χ3v) is 18.8. The Labute approximate surface area is 477 Å². The Bertz CT molecular complexity index is 4600. The lowest BCUT2D eigenvalue weighted by atomic mass is 9.36. The maximum atomic E-state index is 6.74. The van der Waals surface area contributed by atoms with Gasteiger partial charge in [0.15, 0.2) is 0 Å². The van der Waals surface area contributed by atoms with E-state index in [0.717, 1.165) is 84.0 Å². The van der Waals surface area contributed by atoms with Crippen molar-refractivity contribution in [1.82, 2.24) is 0 Å². The molecule has 0 radical (unpaired) electrons. The zero-order valence-corrected chi connectivity index (χ0v) is 46.7. The third kappa shape index (κ3) is 7.16. The lowest BCUT2D eigenvalue weighted by Crippen LogP contribution is -2.60. The number of benzene rings is 11. The van der Waals surface area contributed by atoms with Crippen molar-refractivity contribution in [1.29, 1.82) is 0 Å². The smallest absolute Gasteiger partial charge is 0.264 e. The van der Waals surface area contributed by atoms with Gasteiger partial charge in [-0.25, -0.2) is 0 Å². The van der Waals surface area contributed by atoms with E-state index < -0.39 is 0 Å². The van der Waals surface area contributed by atoms with Crippen LogP contribution < -0.4 is 30.4 Å². The molecule has 0 atom stereocenters. The van der Waals surface area contributed by atoms with Crippen molar-refractivity contribution >= 4 is 117 Å². The van der Waals surface area contributed by atoms with Crippen molar-refractivity contribution in [2.24, 2.45) is 0 Å². The van der Waals surface area contributed by atoms with E-state index in [1.165, 1.54) is 65.0 Å². The van der Waals surface area contributed by atoms with Crippen molar-refractivity contribution < 1.29 is 4.42 Å². The van der Waals surface area contributed by atoms with E-state index >= 15 is 0 Å². The van der Waals surface area contributed by atoms with Gasteiger partial charge in [0.25, 0.3) is 6.71 Å². The van der Waals surface area contributed by atoms with E-state index in [9.17, 15) is 0 Å². The minimum absolute atomic E-state index is 0.00257. The molecule has 0 amide bonds. The molecule has 81 heavy (non-hydrogen) atoms. The molecule has 0 fully saturated rings. The highest BCUT2D eigenvalue weighted by atomic mass is 32.1. The first-order valence-electron chi connectivity index (χ1n) is 28.3. The highest BCUT2D eigenvalue weighted by Crippen LogP contribution is 2.55. The molecule has 0 saturated carbocycles. The van der Waals surface area contributed by atoms with Crippen LogP contribution in [0, 0.1) is 0 Å². The minimum Gasteiger partial charge on any atom is -0.456 e. The van der Waals surface area contributed by atoms with Gasteiger partial charge in [0, 0.05) is 65.2 Å². The predicted molar refractivity (Wildman–Crippen MR) is 345 cm³/mol. The molecule has 11 aromatic carbocycles. The monoisotopic (exact) mass is 1060 g/mol. The fourth-order valence-electron chi connectivity index (χ4n) is 13.8. The largest absolute Gasteiger partial charge is 0.456 e. The van der Waals surface area contributed by atoms with Gasteiger partial charge in [0.05, 0.1) is 28.1 Å². The summed E-state index contributed by atoms with van der Waals surface area (Å²) in [5, 5.41) is 3.47. The second-order valence-electron chi connectivity index (χ2n) is 23.6. The Morgan fingerprint density at radius 1 is 0.469 bits per heavy atom. The van der Waals surface area contributed by atoms with Crippen LogP contribution >= 0.6 is 11.3 Å². The molecule has 0 N–H and O–H groups in total. The molecule has 386 valence electrons. The van der Waals surface area contributed by atoms with Gasteiger partial charge >= 0.3 is 0 Å². The molecule has 2 aliphatic heterocycles. The molecule has 3 aliphatic rings. The highest BCUT2D eigenvalue weighted by Gasteiger charge is 2.47. The van der Waals surface area contributed by atoms with Gasteiger partial charge < -0.3 is 19.1 Å². The molecular formula is C75H56BN3OS. The fraction of sp³-hybridized carbons (Fsp3) is 0.0933. The normalized spacial score (nSPS) is 13.8. The molecule has 4 heterocycles. The molecule has 0 bridgehead atoms. The van der Waals surface area contributed by atoms with Crippen LogP contribution in [0.4, 0.5) is 51.2 Å². The number of fused-ring (bicyclic) bond motifs is 12. The van der Waals surface area contributed by atoms with Crippen LogP contribution in [0.3, 0.4) is 0 Å². The van der Waals surface area contributed by atoms with Crippen molar-refractivity contribution in [2.75, 3.05) is 14.7 Å². The third-order valence-electron chi connectivity index (χ3n) is 17.6.